The van der Waals surface area contributed by atoms with Crippen molar-refractivity contribution in [2.45, 2.75) is 6.54 Å². The molecular formula is C24H17ClN4O3. The van der Waals surface area contributed by atoms with Gasteiger partial charge < -0.3 is 13.7 Å². The second-order valence-electron chi connectivity index (χ2n) is 7.14. The molecule has 0 spiro atoms. The molecule has 0 amide bonds. The van der Waals surface area contributed by atoms with Crippen LogP contribution in [0.3, 0.4) is 0 Å². The highest BCUT2D eigenvalue weighted by Gasteiger charge is 2.21. The van der Waals surface area contributed by atoms with Crippen molar-refractivity contribution in [2.24, 2.45) is 0 Å². The van der Waals surface area contributed by atoms with Crippen LogP contribution in [0.15, 0.2) is 77.9 Å². The largest absolute Gasteiger partial charge is 0.497 e. The quantitative estimate of drug-likeness (QED) is 0.342. The Kier molecular flexibility index (Phi) is 5.17. The van der Waals surface area contributed by atoms with Gasteiger partial charge in [-0.1, -0.05) is 23.7 Å². The summed E-state index contributed by atoms with van der Waals surface area (Å²) in [4.78, 5) is 25.9. The number of carbonyl (C=O) groups excluding carboxylic acids is 1. The standard InChI is InChI=1S/C24H17ClN4O3/c1-31-17-6-7-22-18(10-17)19(13-29(22)12-15-2-4-16(25)5-3-15)23(30)21-14-32-24(28-21)20-11-26-8-9-27-20/h2-11,13-14H,12H2,1H3. The molecule has 0 atom stereocenters. The van der Waals surface area contributed by atoms with Crippen molar-refractivity contribution in [1.29, 1.82) is 0 Å². The Morgan fingerprint density at radius 3 is 2.75 bits per heavy atom. The summed E-state index contributed by atoms with van der Waals surface area (Å²) < 4.78 is 12.9. The molecule has 3 heterocycles. The molecule has 0 bridgehead atoms. The molecule has 0 aliphatic carbocycles. The SMILES string of the molecule is COc1ccc2c(c1)c(C(=O)c1coc(-c3cnccn3)n1)cn2Cc1ccc(Cl)cc1. The molecule has 0 N–H and O–H groups in total. The van der Waals surface area contributed by atoms with Crippen LogP contribution in [0.5, 0.6) is 5.75 Å². The first kappa shape index (κ1) is 20.0. The Hall–Kier alpha value is -3.97. The van der Waals surface area contributed by atoms with E-state index < -0.39 is 0 Å². The fraction of sp³-hybridized carbons (Fsp3) is 0.0833. The molecule has 2 aromatic carbocycles. The zero-order valence-corrected chi connectivity index (χ0v) is 17.8. The van der Waals surface area contributed by atoms with E-state index in [1.165, 1.54) is 18.7 Å². The number of rotatable bonds is 6. The third-order valence-corrected chi connectivity index (χ3v) is 5.37. The van der Waals surface area contributed by atoms with Crippen LogP contribution in [-0.2, 0) is 6.54 Å². The second-order valence-corrected chi connectivity index (χ2v) is 7.57. The van der Waals surface area contributed by atoms with E-state index in [2.05, 4.69) is 15.0 Å². The molecule has 0 aliphatic heterocycles. The minimum atomic E-state index is -0.253. The first-order valence-corrected chi connectivity index (χ1v) is 10.2. The summed E-state index contributed by atoms with van der Waals surface area (Å²) in [5.41, 5.74) is 3.12. The van der Waals surface area contributed by atoms with Gasteiger partial charge in [-0.25, -0.2) is 9.97 Å². The van der Waals surface area contributed by atoms with Crippen LogP contribution in [0.1, 0.15) is 21.6 Å². The van der Waals surface area contributed by atoms with Crippen molar-refractivity contribution in [2.75, 3.05) is 7.11 Å². The number of hydrogen-bond acceptors (Lipinski definition) is 6. The van der Waals surface area contributed by atoms with E-state index >= 15 is 0 Å². The summed E-state index contributed by atoms with van der Waals surface area (Å²) in [6.45, 7) is 0.580. The molecule has 32 heavy (non-hydrogen) atoms. The Bertz CT molecular complexity index is 1410. The first-order valence-electron chi connectivity index (χ1n) is 9.80. The number of benzene rings is 2. The molecule has 8 heteroatoms. The molecule has 0 fully saturated rings. The molecule has 7 nitrogen and oxygen atoms in total. The van der Waals surface area contributed by atoms with Crippen molar-refractivity contribution in [3.05, 3.63) is 95.4 Å². The van der Waals surface area contributed by atoms with E-state index in [-0.39, 0.29) is 17.4 Å². The molecule has 3 aromatic heterocycles. The number of oxazole rings is 1. The fourth-order valence-electron chi connectivity index (χ4n) is 3.54. The van der Waals surface area contributed by atoms with Crippen molar-refractivity contribution >= 4 is 28.3 Å². The van der Waals surface area contributed by atoms with Gasteiger partial charge in [0.15, 0.2) is 5.69 Å². The smallest absolute Gasteiger partial charge is 0.247 e. The van der Waals surface area contributed by atoms with Gasteiger partial charge in [-0.05, 0) is 35.9 Å². The normalized spacial score (nSPS) is 11.1. The summed E-state index contributed by atoms with van der Waals surface area (Å²) in [5.74, 6) is 0.650. The maximum atomic E-state index is 13.4. The van der Waals surface area contributed by atoms with Gasteiger partial charge in [-0.2, -0.15) is 0 Å². The highest BCUT2D eigenvalue weighted by molar-refractivity contribution is 6.30. The highest BCUT2D eigenvalue weighted by atomic mass is 35.5. The average molecular weight is 445 g/mol. The molecule has 0 saturated heterocycles. The molecule has 0 saturated carbocycles. The van der Waals surface area contributed by atoms with Crippen molar-refractivity contribution in [3.8, 4) is 17.3 Å². The van der Waals surface area contributed by atoms with E-state index in [0.29, 0.717) is 28.6 Å². The summed E-state index contributed by atoms with van der Waals surface area (Å²) in [5, 5.41) is 1.45. The number of halogens is 1. The summed E-state index contributed by atoms with van der Waals surface area (Å²) in [6, 6.07) is 13.3. The average Bonchev–Trinajstić information content (AvgIpc) is 3.46. The summed E-state index contributed by atoms with van der Waals surface area (Å²) in [6.07, 6.45) is 7.80. The van der Waals surface area contributed by atoms with Crippen LogP contribution < -0.4 is 4.74 Å². The lowest BCUT2D eigenvalue weighted by atomic mass is 10.1. The molecule has 5 rings (SSSR count). The maximum absolute atomic E-state index is 13.4. The van der Waals surface area contributed by atoms with Gasteiger partial charge in [-0.3, -0.25) is 9.78 Å². The van der Waals surface area contributed by atoms with Gasteiger partial charge in [0.2, 0.25) is 11.7 Å². The van der Waals surface area contributed by atoms with Crippen molar-refractivity contribution < 1.29 is 13.9 Å². The number of ether oxygens (including phenoxy) is 1. The van der Waals surface area contributed by atoms with E-state index in [9.17, 15) is 4.79 Å². The molecule has 0 aliphatic rings. The van der Waals surface area contributed by atoms with Gasteiger partial charge in [0.05, 0.1) is 13.3 Å². The monoisotopic (exact) mass is 444 g/mol. The lowest BCUT2D eigenvalue weighted by Gasteiger charge is -2.06. The number of carbonyl (C=O) groups is 1. The second kappa shape index (κ2) is 8.28. The van der Waals surface area contributed by atoms with Gasteiger partial charge in [0, 0.05) is 46.6 Å². The Labute approximate surface area is 188 Å². The number of nitrogens with zero attached hydrogens (tertiary/aromatic N) is 4. The highest BCUT2D eigenvalue weighted by Crippen LogP contribution is 2.29. The fourth-order valence-corrected chi connectivity index (χ4v) is 3.67. The summed E-state index contributed by atoms with van der Waals surface area (Å²) >= 11 is 6.01. The van der Waals surface area contributed by atoms with Crippen LogP contribution in [-0.4, -0.2) is 32.4 Å². The number of aromatic nitrogens is 4. The lowest BCUT2D eigenvalue weighted by Crippen LogP contribution is -2.02. The van der Waals surface area contributed by atoms with Gasteiger partial charge in [-0.15, -0.1) is 0 Å². The van der Waals surface area contributed by atoms with Crippen LogP contribution in [0.4, 0.5) is 0 Å². The number of hydrogen-bond donors (Lipinski definition) is 0. The van der Waals surface area contributed by atoms with Crippen LogP contribution in [0.25, 0.3) is 22.5 Å². The van der Waals surface area contributed by atoms with E-state index in [0.717, 1.165) is 16.5 Å². The van der Waals surface area contributed by atoms with Crippen molar-refractivity contribution in [1.82, 2.24) is 19.5 Å². The molecule has 5 aromatic rings. The van der Waals surface area contributed by atoms with Crippen LogP contribution >= 0.6 is 11.6 Å². The van der Waals surface area contributed by atoms with Gasteiger partial charge in [0.1, 0.15) is 17.7 Å². The number of methoxy groups -OCH3 is 1. The third kappa shape index (κ3) is 3.74. The summed E-state index contributed by atoms with van der Waals surface area (Å²) in [7, 11) is 1.60. The van der Waals surface area contributed by atoms with E-state index in [1.54, 1.807) is 13.3 Å². The van der Waals surface area contributed by atoms with Crippen LogP contribution in [0.2, 0.25) is 5.02 Å². The minimum Gasteiger partial charge on any atom is -0.497 e. The first-order chi connectivity index (χ1) is 15.6. The molecule has 158 valence electrons. The van der Waals surface area contributed by atoms with Gasteiger partial charge in [0.25, 0.3) is 0 Å². The zero-order valence-electron chi connectivity index (χ0n) is 17.0. The number of fused-ring (bicyclic) bond motifs is 1. The molecule has 0 radical (unpaired) electrons. The zero-order chi connectivity index (χ0) is 22.1. The van der Waals surface area contributed by atoms with Gasteiger partial charge >= 0.3 is 0 Å². The topological polar surface area (TPSA) is 83.0 Å². The number of ketones is 1. The molecule has 0 unspecified atom stereocenters. The maximum Gasteiger partial charge on any atom is 0.247 e. The van der Waals surface area contributed by atoms with Crippen LogP contribution in [0, 0.1) is 0 Å². The molecular weight excluding hydrogens is 428 g/mol. The third-order valence-electron chi connectivity index (χ3n) is 5.12. The van der Waals surface area contributed by atoms with Crippen molar-refractivity contribution in [3.63, 3.8) is 0 Å². The predicted octanol–water partition coefficient (Wildman–Crippen LogP) is 5.03. The Morgan fingerprint density at radius 2 is 2.00 bits per heavy atom. The Balaban J connectivity index is 1.56. The Morgan fingerprint density at radius 1 is 1.16 bits per heavy atom. The lowest BCUT2D eigenvalue weighted by molar-refractivity contribution is 0.103. The van der Waals surface area contributed by atoms with E-state index in [1.807, 2.05) is 53.2 Å². The minimum absolute atomic E-state index is 0.194. The predicted molar refractivity (Wildman–Crippen MR) is 120 cm³/mol. The van der Waals surface area contributed by atoms with E-state index in [4.69, 9.17) is 20.8 Å².